The molecular formula is C16H20N2O2. The molecule has 0 aliphatic rings. The van der Waals surface area contributed by atoms with E-state index >= 15 is 0 Å². The molecule has 1 unspecified atom stereocenters. The van der Waals surface area contributed by atoms with Gasteiger partial charge in [-0.15, -0.1) is 0 Å². The van der Waals surface area contributed by atoms with Crippen LogP contribution in [-0.4, -0.2) is 18.3 Å². The number of ether oxygens (including phenoxy) is 1. The van der Waals surface area contributed by atoms with Gasteiger partial charge in [-0.3, -0.25) is 4.79 Å². The van der Waals surface area contributed by atoms with E-state index in [1.807, 2.05) is 36.4 Å². The Morgan fingerprint density at radius 1 is 1.20 bits per heavy atom. The summed E-state index contributed by atoms with van der Waals surface area (Å²) in [5.41, 5.74) is 7.74. The number of pyridine rings is 1. The van der Waals surface area contributed by atoms with Crippen LogP contribution in [0, 0.1) is 0 Å². The van der Waals surface area contributed by atoms with Crippen LogP contribution in [-0.2, 0) is 11.3 Å². The highest BCUT2D eigenvalue weighted by Crippen LogP contribution is 2.15. The lowest BCUT2D eigenvalue weighted by molar-refractivity contribution is 0.190. The summed E-state index contributed by atoms with van der Waals surface area (Å²) in [4.78, 5) is 12.4. The molecule has 0 aliphatic carbocycles. The zero-order valence-electron chi connectivity index (χ0n) is 11.7. The molecule has 2 rings (SSSR count). The van der Waals surface area contributed by atoms with Crippen LogP contribution < -0.4 is 11.3 Å². The minimum Gasteiger partial charge on any atom is -0.385 e. The number of nitrogens with zero attached hydrogens (tertiary/aromatic N) is 1. The SMILES string of the molecule is COCCCn1cccc(C(N)c2ccccc2)c1=O. The molecule has 1 heterocycles. The van der Waals surface area contributed by atoms with Gasteiger partial charge >= 0.3 is 0 Å². The van der Waals surface area contributed by atoms with Crippen LogP contribution in [0.2, 0.25) is 0 Å². The Bertz CT molecular complexity index is 593. The molecule has 106 valence electrons. The quantitative estimate of drug-likeness (QED) is 0.817. The molecule has 0 fully saturated rings. The summed E-state index contributed by atoms with van der Waals surface area (Å²) in [6, 6.07) is 12.9. The standard InChI is InChI=1S/C16H20N2O2/c1-20-12-6-11-18-10-5-9-14(16(18)19)15(17)13-7-3-2-4-8-13/h2-5,7-10,15H,6,11-12,17H2,1H3. The van der Waals surface area contributed by atoms with Gasteiger partial charge in [0.05, 0.1) is 6.04 Å². The first-order valence-corrected chi connectivity index (χ1v) is 6.73. The van der Waals surface area contributed by atoms with Crippen molar-refractivity contribution in [3.8, 4) is 0 Å². The van der Waals surface area contributed by atoms with Gasteiger partial charge in [0.1, 0.15) is 0 Å². The van der Waals surface area contributed by atoms with Gasteiger partial charge in [-0.1, -0.05) is 36.4 Å². The van der Waals surface area contributed by atoms with Crippen LogP contribution >= 0.6 is 0 Å². The van der Waals surface area contributed by atoms with Crippen molar-refractivity contribution >= 4 is 0 Å². The van der Waals surface area contributed by atoms with Crippen molar-refractivity contribution in [2.24, 2.45) is 5.73 Å². The van der Waals surface area contributed by atoms with E-state index in [-0.39, 0.29) is 5.56 Å². The summed E-state index contributed by atoms with van der Waals surface area (Å²) in [6.07, 6.45) is 2.60. The monoisotopic (exact) mass is 272 g/mol. The van der Waals surface area contributed by atoms with Gasteiger partial charge in [0.2, 0.25) is 0 Å². The van der Waals surface area contributed by atoms with E-state index in [1.165, 1.54) is 0 Å². The second-order valence-corrected chi connectivity index (χ2v) is 4.70. The van der Waals surface area contributed by atoms with Crippen LogP contribution in [0.3, 0.4) is 0 Å². The third-order valence-corrected chi connectivity index (χ3v) is 3.29. The van der Waals surface area contributed by atoms with Crippen LogP contribution in [0.5, 0.6) is 0 Å². The van der Waals surface area contributed by atoms with Crippen molar-refractivity contribution in [1.29, 1.82) is 0 Å². The Hall–Kier alpha value is -1.91. The van der Waals surface area contributed by atoms with Crippen molar-refractivity contribution in [3.05, 3.63) is 70.1 Å². The van der Waals surface area contributed by atoms with Crippen LogP contribution in [0.15, 0.2) is 53.5 Å². The molecule has 0 radical (unpaired) electrons. The summed E-state index contributed by atoms with van der Waals surface area (Å²) in [7, 11) is 1.66. The molecule has 4 nitrogen and oxygen atoms in total. The Labute approximate surface area is 118 Å². The summed E-state index contributed by atoms with van der Waals surface area (Å²) in [6.45, 7) is 1.28. The van der Waals surface area contributed by atoms with E-state index in [2.05, 4.69) is 0 Å². The molecule has 2 N–H and O–H groups in total. The van der Waals surface area contributed by atoms with Crippen molar-refractivity contribution in [2.45, 2.75) is 19.0 Å². The predicted molar refractivity (Wildman–Crippen MR) is 79.7 cm³/mol. The van der Waals surface area contributed by atoms with E-state index in [4.69, 9.17) is 10.5 Å². The lowest BCUT2D eigenvalue weighted by atomic mass is 10.0. The molecule has 1 atom stereocenters. The smallest absolute Gasteiger partial charge is 0.255 e. The maximum absolute atomic E-state index is 12.4. The molecule has 0 amide bonds. The normalized spacial score (nSPS) is 12.3. The van der Waals surface area contributed by atoms with E-state index in [0.29, 0.717) is 18.7 Å². The summed E-state index contributed by atoms with van der Waals surface area (Å²) in [5.74, 6) is 0. The molecule has 0 saturated heterocycles. The lowest BCUT2D eigenvalue weighted by Gasteiger charge is -2.14. The molecule has 1 aromatic heterocycles. The topological polar surface area (TPSA) is 57.2 Å². The van der Waals surface area contributed by atoms with E-state index < -0.39 is 6.04 Å². The molecule has 1 aromatic carbocycles. The Morgan fingerprint density at radius 2 is 1.95 bits per heavy atom. The molecule has 0 spiro atoms. The molecule has 2 aromatic rings. The second kappa shape index (κ2) is 7.03. The fourth-order valence-electron chi connectivity index (χ4n) is 2.19. The number of nitrogens with two attached hydrogens (primary N) is 1. The van der Waals surface area contributed by atoms with Gasteiger partial charge in [0, 0.05) is 32.0 Å². The van der Waals surface area contributed by atoms with Crippen molar-refractivity contribution in [1.82, 2.24) is 4.57 Å². The number of aryl methyl sites for hydroxylation is 1. The van der Waals surface area contributed by atoms with Crippen molar-refractivity contribution in [3.63, 3.8) is 0 Å². The van der Waals surface area contributed by atoms with E-state index in [1.54, 1.807) is 23.9 Å². The second-order valence-electron chi connectivity index (χ2n) is 4.70. The molecular weight excluding hydrogens is 252 g/mol. The number of hydrogen-bond acceptors (Lipinski definition) is 3. The highest BCUT2D eigenvalue weighted by molar-refractivity contribution is 5.29. The predicted octanol–water partition coefficient (Wildman–Crippen LogP) is 1.93. The van der Waals surface area contributed by atoms with Gasteiger partial charge < -0.3 is 15.0 Å². The van der Waals surface area contributed by atoms with Gasteiger partial charge in [0.15, 0.2) is 0 Å². The van der Waals surface area contributed by atoms with Gasteiger partial charge in [-0.2, -0.15) is 0 Å². The average molecular weight is 272 g/mol. The first-order chi connectivity index (χ1) is 9.74. The maximum Gasteiger partial charge on any atom is 0.255 e. The van der Waals surface area contributed by atoms with Gasteiger partial charge in [-0.25, -0.2) is 0 Å². The van der Waals surface area contributed by atoms with E-state index in [0.717, 1.165) is 12.0 Å². The zero-order chi connectivity index (χ0) is 14.4. The lowest BCUT2D eigenvalue weighted by Crippen LogP contribution is -2.28. The summed E-state index contributed by atoms with van der Waals surface area (Å²) < 4.78 is 6.70. The fourth-order valence-corrected chi connectivity index (χ4v) is 2.19. The van der Waals surface area contributed by atoms with Crippen LogP contribution in [0.25, 0.3) is 0 Å². The number of benzene rings is 1. The third kappa shape index (κ3) is 3.35. The highest BCUT2D eigenvalue weighted by Gasteiger charge is 2.13. The fraction of sp³-hybridized carbons (Fsp3) is 0.312. The Kier molecular flexibility index (Phi) is 5.09. The Morgan fingerprint density at radius 3 is 2.65 bits per heavy atom. The summed E-state index contributed by atoms with van der Waals surface area (Å²) in [5, 5.41) is 0. The van der Waals surface area contributed by atoms with Crippen LogP contribution in [0.4, 0.5) is 0 Å². The molecule has 0 bridgehead atoms. The van der Waals surface area contributed by atoms with E-state index in [9.17, 15) is 4.79 Å². The van der Waals surface area contributed by atoms with Gasteiger partial charge in [-0.05, 0) is 18.1 Å². The number of hydrogen-bond donors (Lipinski definition) is 1. The van der Waals surface area contributed by atoms with Crippen molar-refractivity contribution in [2.75, 3.05) is 13.7 Å². The first kappa shape index (κ1) is 14.5. The molecule has 20 heavy (non-hydrogen) atoms. The van der Waals surface area contributed by atoms with Crippen LogP contribution in [0.1, 0.15) is 23.6 Å². The molecule has 0 aliphatic heterocycles. The number of aromatic nitrogens is 1. The summed E-state index contributed by atoms with van der Waals surface area (Å²) >= 11 is 0. The largest absolute Gasteiger partial charge is 0.385 e. The molecule has 0 saturated carbocycles. The minimum absolute atomic E-state index is 0.0278. The first-order valence-electron chi connectivity index (χ1n) is 6.73. The maximum atomic E-state index is 12.4. The van der Waals surface area contributed by atoms with Gasteiger partial charge in [0.25, 0.3) is 5.56 Å². The number of rotatable bonds is 6. The third-order valence-electron chi connectivity index (χ3n) is 3.29. The van der Waals surface area contributed by atoms with Crippen molar-refractivity contribution < 1.29 is 4.74 Å². The highest BCUT2D eigenvalue weighted by atomic mass is 16.5. The number of methoxy groups -OCH3 is 1. The minimum atomic E-state index is -0.390. The zero-order valence-corrected chi connectivity index (χ0v) is 11.7. The molecule has 4 heteroatoms. The Balaban J connectivity index is 2.24. The average Bonchev–Trinajstić information content (AvgIpc) is 2.49.